The Morgan fingerprint density at radius 1 is 1.36 bits per heavy atom. The Labute approximate surface area is 67.1 Å². The standard InChI is InChI=1S/C8H15NO2/c1-3-5-7(8(10)11)9-6-4-2/h3-6H2,1-2H3,(H,10,11). The van der Waals surface area contributed by atoms with Crippen molar-refractivity contribution in [2.75, 3.05) is 6.54 Å². The van der Waals surface area contributed by atoms with E-state index >= 15 is 0 Å². The summed E-state index contributed by atoms with van der Waals surface area (Å²) in [5.41, 5.74) is 0.314. The minimum Gasteiger partial charge on any atom is -0.477 e. The summed E-state index contributed by atoms with van der Waals surface area (Å²) in [6.07, 6.45) is 2.32. The maximum absolute atomic E-state index is 10.5. The predicted octanol–water partition coefficient (Wildman–Crippen LogP) is 1.72. The molecule has 0 unspecified atom stereocenters. The van der Waals surface area contributed by atoms with E-state index < -0.39 is 5.97 Å². The number of hydrogen-bond donors (Lipinski definition) is 1. The first-order chi connectivity index (χ1) is 5.22. The number of aliphatic imine (C=N–C) groups is 1. The smallest absolute Gasteiger partial charge is 0.349 e. The zero-order valence-electron chi connectivity index (χ0n) is 7.13. The van der Waals surface area contributed by atoms with Gasteiger partial charge in [0.2, 0.25) is 0 Å². The Morgan fingerprint density at radius 2 is 2.00 bits per heavy atom. The summed E-state index contributed by atoms with van der Waals surface area (Å²) < 4.78 is 0. The minimum absolute atomic E-state index is 0.314. The Hall–Kier alpha value is -0.860. The molecule has 0 spiro atoms. The highest BCUT2D eigenvalue weighted by Crippen LogP contribution is 1.93. The van der Waals surface area contributed by atoms with Crippen molar-refractivity contribution in [3.05, 3.63) is 0 Å². The van der Waals surface area contributed by atoms with Gasteiger partial charge in [0.05, 0.1) is 0 Å². The van der Waals surface area contributed by atoms with Crippen molar-refractivity contribution in [2.45, 2.75) is 33.1 Å². The van der Waals surface area contributed by atoms with Crippen molar-refractivity contribution < 1.29 is 9.90 Å². The molecule has 3 nitrogen and oxygen atoms in total. The van der Waals surface area contributed by atoms with E-state index in [-0.39, 0.29) is 0 Å². The monoisotopic (exact) mass is 157 g/mol. The average molecular weight is 157 g/mol. The van der Waals surface area contributed by atoms with Gasteiger partial charge in [-0.3, -0.25) is 4.99 Å². The van der Waals surface area contributed by atoms with Gasteiger partial charge in [-0.05, 0) is 12.8 Å². The molecular weight excluding hydrogens is 142 g/mol. The fourth-order valence-electron chi connectivity index (χ4n) is 0.737. The van der Waals surface area contributed by atoms with E-state index in [1.807, 2.05) is 13.8 Å². The average Bonchev–Trinajstić information content (AvgIpc) is 1.97. The van der Waals surface area contributed by atoms with Crippen molar-refractivity contribution in [3.8, 4) is 0 Å². The molecule has 0 aliphatic rings. The van der Waals surface area contributed by atoms with Crippen molar-refractivity contribution in [1.29, 1.82) is 0 Å². The third-order valence-corrected chi connectivity index (χ3v) is 1.26. The topological polar surface area (TPSA) is 49.7 Å². The molecule has 0 saturated carbocycles. The van der Waals surface area contributed by atoms with E-state index in [1.54, 1.807) is 0 Å². The fourth-order valence-corrected chi connectivity index (χ4v) is 0.737. The van der Waals surface area contributed by atoms with Crippen LogP contribution in [-0.4, -0.2) is 23.3 Å². The van der Waals surface area contributed by atoms with Crippen molar-refractivity contribution in [2.24, 2.45) is 4.99 Å². The van der Waals surface area contributed by atoms with Crippen molar-refractivity contribution in [1.82, 2.24) is 0 Å². The summed E-state index contributed by atoms with van der Waals surface area (Å²) in [6.45, 7) is 4.56. The Balaban J connectivity index is 3.97. The van der Waals surface area contributed by atoms with Gasteiger partial charge >= 0.3 is 5.97 Å². The van der Waals surface area contributed by atoms with Crippen LogP contribution in [0.2, 0.25) is 0 Å². The normalized spacial score (nSPS) is 11.6. The highest BCUT2D eigenvalue weighted by atomic mass is 16.4. The zero-order valence-corrected chi connectivity index (χ0v) is 7.13. The number of carboxylic acid groups (broad SMARTS) is 1. The van der Waals surface area contributed by atoms with Crippen molar-refractivity contribution >= 4 is 11.7 Å². The molecule has 11 heavy (non-hydrogen) atoms. The molecule has 0 rings (SSSR count). The molecule has 0 atom stereocenters. The zero-order chi connectivity index (χ0) is 8.69. The van der Waals surface area contributed by atoms with Crippen LogP contribution in [0, 0.1) is 0 Å². The van der Waals surface area contributed by atoms with Crippen LogP contribution in [0.25, 0.3) is 0 Å². The summed E-state index contributed by atoms with van der Waals surface area (Å²) in [5, 5.41) is 8.60. The Kier molecular flexibility index (Phi) is 5.43. The van der Waals surface area contributed by atoms with Gasteiger partial charge < -0.3 is 5.11 Å². The first-order valence-corrected chi connectivity index (χ1v) is 3.99. The lowest BCUT2D eigenvalue weighted by Gasteiger charge is -1.97. The van der Waals surface area contributed by atoms with Gasteiger partial charge in [-0.25, -0.2) is 4.79 Å². The lowest BCUT2D eigenvalue weighted by atomic mass is 10.2. The molecule has 0 aliphatic heterocycles. The Morgan fingerprint density at radius 3 is 2.36 bits per heavy atom. The summed E-state index contributed by atoms with van der Waals surface area (Å²) in [5.74, 6) is -0.875. The molecule has 0 aromatic heterocycles. The van der Waals surface area contributed by atoms with Gasteiger partial charge in [-0.1, -0.05) is 20.3 Å². The van der Waals surface area contributed by atoms with Crippen LogP contribution in [0.15, 0.2) is 4.99 Å². The summed E-state index contributed by atoms with van der Waals surface area (Å²) in [6, 6.07) is 0. The van der Waals surface area contributed by atoms with E-state index in [1.165, 1.54) is 0 Å². The van der Waals surface area contributed by atoms with Crippen LogP contribution >= 0.6 is 0 Å². The summed E-state index contributed by atoms with van der Waals surface area (Å²) in [7, 11) is 0. The van der Waals surface area contributed by atoms with Gasteiger partial charge in [0.25, 0.3) is 0 Å². The largest absolute Gasteiger partial charge is 0.477 e. The second-order valence-electron chi connectivity index (χ2n) is 2.38. The fraction of sp³-hybridized carbons (Fsp3) is 0.750. The number of carbonyl (C=O) groups is 1. The van der Waals surface area contributed by atoms with Crippen LogP contribution < -0.4 is 0 Å². The molecule has 0 heterocycles. The molecular formula is C8H15NO2. The number of rotatable bonds is 5. The summed E-state index contributed by atoms with van der Waals surface area (Å²) in [4.78, 5) is 14.4. The van der Waals surface area contributed by atoms with Gasteiger partial charge in [0.15, 0.2) is 0 Å². The van der Waals surface area contributed by atoms with E-state index in [9.17, 15) is 4.79 Å². The van der Waals surface area contributed by atoms with E-state index in [0.29, 0.717) is 18.7 Å². The molecule has 0 radical (unpaired) electrons. The number of aliphatic carboxylic acids is 1. The minimum atomic E-state index is -0.875. The quantitative estimate of drug-likeness (QED) is 0.618. The molecule has 1 N–H and O–H groups in total. The molecule has 0 bridgehead atoms. The maximum atomic E-state index is 10.5. The molecule has 64 valence electrons. The second-order valence-corrected chi connectivity index (χ2v) is 2.38. The van der Waals surface area contributed by atoms with E-state index in [0.717, 1.165) is 12.8 Å². The second kappa shape index (κ2) is 5.89. The van der Waals surface area contributed by atoms with Crippen LogP contribution in [0.3, 0.4) is 0 Å². The van der Waals surface area contributed by atoms with Crippen molar-refractivity contribution in [3.63, 3.8) is 0 Å². The van der Waals surface area contributed by atoms with Crippen LogP contribution in [0.5, 0.6) is 0 Å². The van der Waals surface area contributed by atoms with Gasteiger partial charge in [-0.2, -0.15) is 0 Å². The summed E-state index contributed by atoms with van der Waals surface area (Å²) >= 11 is 0. The molecule has 3 heteroatoms. The molecule has 0 amide bonds. The molecule has 0 fully saturated rings. The first-order valence-electron chi connectivity index (χ1n) is 3.99. The molecule has 0 aliphatic carbocycles. The number of nitrogens with zero attached hydrogens (tertiary/aromatic N) is 1. The highest BCUT2D eigenvalue weighted by Gasteiger charge is 2.05. The Bertz CT molecular complexity index is 152. The maximum Gasteiger partial charge on any atom is 0.349 e. The lowest BCUT2D eigenvalue weighted by Crippen LogP contribution is -2.13. The lowest BCUT2D eigenvalue weighted by molar-refractivity contribution is -0.129. The van der Waals surface area contributed by atoms with Crippen LogP contribution in [-0.2, 0) is 4.79 Å². The molecule has 0 saturated heterocycles. The third-order valence-electron chi connectivity index (χ3n) is 1.26. The van der Waals surface area contributed by atoms with E-state index in [4.69, 9.17) is 5.11 Å². The number of carboxylic acids is 1. The predicted molar refractivity (Wildman–Crippen MR) is 45.1 cm³/mol. The van der Waals surface area contributed by atoms with Gasteiger partial charge in [0, 0.05) is 6.54 Å². The third kappa shape index (κ3) is 4.53. The first kappa shape index (κ1) is 10.1. The SMILES string of the molecule is CCCN=C(CCC)C(=O)O. The van der Waals surface area contributed by atoms with Crippen LogP contribution in [0.1, 0.15) is 33.1 Å². The molecule has 0 aromatic rings. The van der Waals surface area contributed by atoms with Gasteiger partial charge in [0.1, 0.15) is 5.71 Å². The van der Waals surface area contributed by atoms with E-state index in [2.05, 4.69) is 4.99 Å². The number of hydrogen-bond acceptors (Lipinski definition) is 2. The molecule has 0 aromatic carbocycles. The van der Waals surface area contributed by atoms with Crippen LogP contribution in [0.4, 0.5) is 0 Å². The highest BCUT2D eigenvalue weighted by molar-refractivity contribution is 6.35. The van der Waals surface area contributed by atoms with Gasteiger partial charge in [-0.15, -0.1) is 0 Å².